The first-order chi connectivity index (χ1) is 7.38. The Bertz CT molecular complexity index is 261. The summed E-state index contributed by atoms with van der Waals surface area (Å²) in [6, 6.07) is 0. The van der Waals surface area contributed by atoms with Crippen molar-refractivity contribution in [3.05, 3.63) is 0 Å². The number of nitrogens with two attached hydrogens (primary N) is 1. The fraction of sp³-hybridized carbons (Fsp3) is 0.667. The van der Waals surface area contributed by atoms with Gasteiger partial charge in [0.2, 0.25) is 0 Å². The van der Waals surface area contributed by atoms with Crippen LogP contribution in [-0.2, 0) is 23.9 Å². The van der Waals surface area contributed by atoms with E-state index in [4.69, 9.17) is 5.73 Å². The van der Waals surface area contributed by atoms with Gasteiger partial charge in [0.25, 0.3) is 6.29 Å². The van der Waals surface area contributed by atoms with Gasteiger partial charge in [-0.05, 0) is 13.0 Å². The van der Waals surface area contributed by atoms with Gasteiger partial charge in [-0.1, -0.05) is 0 Å². The zero-order valence-corrected chi connectivity index (χ0v) is 9.06. The highest BCUT2D eigenvalue weighted by Crippen LogP contribution is 2.19. The lowest BCUT2D eigenvalue weighted by atomic mass is 10.1. The van der Waals surface area contributed by atoms with E-state index in [-0.39, 0.29) is 13.0 Å². The maximum atomic E-state index is 10.8. The standard InChI is InChI=1S/C9H14NO6/c1-6(12)15-9(5-11,16-7(2)13)8(14)3-4-10/h8,14H,3-4,10H2,1-2H3. The lowest BCUT2D eigenvalue weighted by molar-refractivity contribution is -0.229. The number of carbonyl (C=O) groups excluding carboxylic acids is 3. The monoisotopic (exact) mass is 232 g/mol. The van der Waals surface area contributed by atoms with E-state index in [0.717, 1.165) is 13.8 Å². The number of aliphatic hydroxyl groups is 1. The molecular weight excluding hydrogens is 218 g/mol. The molecule has 7 nitrogen and oxygen atoms in total. The lowest BCUT2D eigenvalue weighted by Gasteiger charge is -2.29. The van der Waals surface area contributed by atoms with Crippen LogP contribution in [0.3, 0.4) is 0 Å². The molecule has 0 saturated heterocycles. The van der Waals surface area contributed by atoms with E-state index >= 15 is 0 Å². The Kier molecular flexibility index (Phi) is 5.62. The zero-order valence-electron chi connectivity index (χ0n) is 9.06. The predicted octanol–water partition coefficient (Wildman–Crippen LogP) is -1.37. The first kappa shape index (κ1) is 14.5. The predicted molar refractivity (Wildman–Crippen MR) is 51.6 cm³/mol. The third-order valence-corrected chi connectivity index (χ3v) is 1.61. The van der Waals surface area contributed by atoms with E-state index in [2.05, 4.69) is 9.47 Å². The van der Waals surface area contributed by atoms with Gasteiger partial charge < -0.3 is 20.3 Å². The van der Waals surface area contributed by atoms with Crippen molar-refractivity contribution in [1.29, 1.82) is 0 Å². The van der Waals surface area contributed by atoms with Crippen LogP contribution in [0.2, 0.25) is 0 Å². The minimum Gasteiger partial charge on any atom is -0.412 e. The molecule has 1 atom stereocenters. The number of hydrogen-bond donors (Lipinski definition) is 2. The molecule has 0 aromatic heterocycles. The SMILES string of the molecule is CC(=O)OC([C]=O)(OC(C)=O)C(O)CCN. The van der Waals surface area contributed by atoms with Crippen LogP contribution in [-0.4, -0.2) is 41.8 Å². The summed E-state index contributed by atoms with van der Waals surface area (Å²) in [5, 5.41) is 9.56. The average molecular weight is 232 g/mol. The van der Waals surface area contributed by atoms with Crippen LogP contribution in [0.25, 0.3) is 0 Å². The van der Waals surface area contributed by atoms with Gasteiger partial charge in [0.15, 0.2) is 0 Å². The smallest absolute Gasteiger partial charge is 0.350 e. The summed E-state index contributed by atoms with van der Waals surface area (Å²) in [5.74, 6) is -4.21. The number of aliphatic hydroxyl groups excluding tert-OH is 1. The molecule has 16 heavy (non-hydrogen) atoms. The highest BCUT2D eigenvalue weighted by molar-refractivity contribution is 5.76. The second-order valence-electron chi connectivity index (χ2n) is 3.05. The number of esters is 2. The number of ether oxygens (including phenoxy) is 2. The molecule has 0 rings (SSSR count). The maximum absolute atomic E-state index is 10.8. The van der Waals surface area contributed by atoms with E-state index in [9.17, 15) is 19.5 Å². The molecular formula is C9H14NO6. The Morgan fingerprint density at radius 3 is 2.06 bits per heavy atom. The Balaban J connectivity index is 5.00. The van der Waals surface area contributed by atoms with Crippen molar-refractivity contribution >= 4 is 18.2 Å². The van der Waals surface area contributed by atoms with Gasteiger partial charge in [0.1, 0.15) is 6.10 Å². The molecule has 91 valence electrons. The molecule has 0 aromatic carbocycles. The molecule has 0 bridgehead atoms. The van der Waals surface area contributed by atoms with E-state index in [1.807, 2.05) is 0 Å². The van der Waals surface area contributed by atoms with Crippen LogP contribution in [0.4, 0.5) is 0 Å². The van der Waals surface area contributed by atoms with Gasteiger partial charge >= 0.3 is 17.7 Å². The van der Waals surface area contributed by atoms with E-state index < -0.39 is 23.8 Å². The van der Waals surface area contributed by atoms with Gasteiger partial charge in [-0.2, -0.15) is 0 Å². The van der Waals surface area contributed by atoms with Gasteiger partial charge in [0, 0.05) is 13.8 Å². The summed E-state index contributed by atoms with van der Waals surface area (Å²) in [6.45, 7) is 2.03. The Morgan fingerprint density at radius 2 is 1.81 bits per heavy atom. The second kappa shape index (κ2) is 6.19. The summed E-state index contributed by atoms with van der Waals surface area (Å²) >= 11 is 0. The van der Waals surface area contributed by atoms with Crippen molar-refractivity contribution < 1.29 is 29.0 Å². The number of carbonyl (C=O) groups is 2. The molecule has 0 saturated carbocycles. The molecule has 7 heteroatoms. The maximum Gasteiger partial charge on any atom is 0.350 e. The van der Waals surface area contributed by atoms with Crippen molar-refractivity contribution in [2.45, 2.75) is 32.2 Å². The van der Waals surface area contributed by atoms with Crippen molar-refractivity contribution in [3.8, 4) is 0 Å². The Morgan fingerprint density at radius 1 is 1.38 bits per heavy atom. The highest BCUT2D eigenvalue weighted by Gasteiger charge is 2.46. The number of rotatable bonds is 6. The Labute approximate surface area is 92.5 Å². The minimum atomic E-state index is -2.43. The summed E-state index contributed by atoms with van der Waals surface area (Å²) in [4.78, 5) is 32.3. The van der Waals surface area contributed by atoms with Crippen LogP contribution in [0.5, 0.6) is 0 Å². The third kappa shape index (κ3) is 3.95. The largest absolute Gasteiger partial charge is 0.412 e. The first-order valence-electron chi connectivity index (χ1n) is 4.54. The summed E-state index contributed by atoms with van der Waals surface area (Å²) < 4.78 is 9.00. The van der Waals surface area contributed by atoms with Gasteiger partial charge in [-0.3, -0.25) is 14.4 Å². The van der Waals surface area contributed by atoms with Crippen molar-refractivity contribution in [3.63, 3.8) is 0 Å². The fourth-order valence-electron chi connectivity index (χ4n) is 1.04. The molecule has 0 aliphatic rings. The van der Waals surface area contributed by atoms with Crippen molar-refractivity contribution in [2.24, 2.45) is 5.73 Å². The Hall–Kier alpha value is -1.47. The van der Waals surface area contributed by atoms with E-state index in [1.54, 1.807) is 0 Å². The van der Waals surface area contributed by atoms with Crippen LogP contribution >= 0.6 is 0 Å². The van der Waals surface area contributed by atoms with E-state index in [0.29, 0.717) is 0 Å². The topological polar surface area (TPSA) is 116 Å². The molecule has 3 N–H and O–H groups in total. The molecule has 1 unspecified atom stereocenters. The van der Waals surface area contributed by atoms with E-state index in [1.165, 1.54) is 6.29 Å². The molecule has 0 spiro atoms. The lowest BCUT2D eigenvalue weighted by Crippen LogP contribution is -2.51. The van der Waals surface area contributed by atoms with Gasteiger partial charge in [0.05, 0.1) is 0 Å². The molecule has 0 aromatic rings. The molecule has 1 radical (unpaired) electrons. The normalized spacial score (nSPS) is 12.8. The summed E-state index contributed by atoms with van der Waals surface area (Å²) in [5.41, 5.74) is 5.17. The molecule has 0 heterocycles. The molecule has 0 fully saturated rings. The summed E-state index contributed by atoms with van der Waals surface area (Å²) in [7, 11) is 0. The van der Waals surface area contributed by atoms with Crippen LogP contribution in [0, 0.1) is 0 Å². The zero-order chi connectivity index (χ0) is 12.8. The first-order valence-corrected chi connectivity index (χ1v) is 4.54. The minimum absolute atomic E-state index is 0.0210. The highest BCUT2D eigenvalue weighted by atomic mass is 16.7. The third-order valence-electron chi connectivity index (χ3n) is 1.61. The van der Waals surface area contributed by atoms with Crippen LogP contribution in [0.1, 0.15) is 20.3 Å². The molecule has 0 amide bonds. The van der Waals surface area contributed by atoms with Gasteiger partial charge in [-0.15, -0.1) is 0 Å². The molecule has 0 aliphatic carbocycles. The van der Waals surface area contributed by atoms with Crippen molar-refractivity contribution in [2.75, 3.05) is 6.54 Å². The van der Waals surface area contributed by atoms with Gasteiger partial charge in [-0.25, -0.2) is 0 Å². The quantitative estimate of drug-likeness (QED) is 0.428. The summed E-state index contributed by atoms with van der Waals surface area (Å²) in [6.07, 6.45) is -0.419. The van der Waals surface area contributed by atoms with Crippen molar-refractivity contribution in [1.82, 2.24) is 0 Å². The van der Waals surface area contributed by atoms with Crippen LogP contribution < -0.4 is 5.73 Å². The number of hydrogen-bond acceptors (Lipinski definition) is 7. The fourth-order valence-corrected chi connectivity index (χ4v) is 1.04. The molecule has 0 aliphatic heterocycles. The second-order valence-corrected chi connectivity index (χ2v) is 3.05. The van der Waals surface area contributed by atoms with Crippen LogP contribution in [0.15, 0.2) is 0 Å². The average Bonchev–Trinajstić information content (AvgIpc) is 2.15.